The van der Waals surface area contributed by atoms with Crippen LogP contribution in [0.25, 0.3) is 0 Å². The van der Waals surface area contributed by atoms with Gasteiger partial charge >= 0.3 is 0 Å². The molecule has 0 aliphatic carbocycles. The summed E-state index contributed by atoms with van der Waals surface area (Å²) in [5.74, 6) is 0. The van der Waals surface area contributed by atoms with E-state index in [4.69, 9.17) is 5.11 Å². The van der Waals surface area contributed by atoms with Crippen LogP contribution >= 0.6 is 0 Å². The zero-order chi connectivity index (χ0) is 9.90. The van der Waals surface area contributed by atoms with E-state index in [2.05, 4.69) is 24.1 Å². The number of rotatable bonds is 4. The van der Waals surface area contributed by atoms with E-state index in [0.29, 0.717) is 5.54 Å². The van der Waals surface area contributed by atoms with Gasteiger partial charge in [0.05, 0.1) is 6.61 Å². The Morgan fingerprint density at radius 3 is 2.62 bits per heavy atom. The van der Waals surface area contributed by atoms with Crippen LogP contribution in [-0.4, -0.2) is 48.3 Å². The molecular weight excluding hydrogens is 164 g/mol. The van der Waals surface area contributed by atoms with Gasteiger partial charge in [-0.15, -0.1) is 0 Å². The molecule has 1 atom stereocenters. The van der Waals surface area contributed by atoms with Crippen molar-refractivity contribution in [3.63, 3.8) is 0 Å². The molecule has 0 aromatic carbocycles. The topological polar surface area (TPSA) is 35.5 Å². The normalized spacial score (nSPS) is 24.9. The van der Waals surface area contributed by atoms with Crippen LogP contribution in [0.15, 0.2) is 0 Å². The largest absolute Gasteiger partial charge is 0.395 e. The Bertz CT molecular complexity index is 155. The molecule has 1 fully saturated rings. The zero-order valence-electron chi connectivity index (χ0n) is 9.01. The van der Waals surface area contributed by atoms with E-state index in [-0.39, 0.29) is 12.6 Å². The summed E-state index contributed by atoms with van der Waals surface area (Å²) >= 11 is 0. The molecule has 1 saturated heterocycles. The minimum Gasteiger partial charge on any atom is -0.395 e. The first-order valence-electron chi connectivity index (χ1n) is 5.13. The molecule has 2 N–H and O–H groups in total. The van der Waals surface area contributed by atoms with E-state index >= 15 is 0 Å². The Morgan fingerprint density at radius 1 is 1.54 bits per heavy atom. The molecule has 78 valence electrons. The van der Waals surface area contributed by atoms with Crippen LogP contribution < -0.4 is 5.32 Å². The third-order valence-electron chi connectivity index (χ3n) is 3.14. The number of nitrogens with one attached hydrogen (secondary N) is 1. The molecule has 1 rings (SSSR count). The van der Waals surface area contributed by atoms with Crippen molar-refractivity contribution in [2.75, 3.05) is 26.7 Å². The van der Waals surface area contributed by atoms with Gasteiger partial charge in [-0.2, -0.15) is 0 Å². The highest BCUT2D eigenvalue weighted by atomic mass is 16.3. The maximum absolute atomic E-state index is 9.07. The molecule has 0 spiro atoms. The van der Waals surface area contributed by atoms with Crippen molar-refractivity contribution >= 4 is 0 Å². The molecular formula is C10H22N2O. The van der Waals surface area contributed by atoms with Crippen molar-refractivity contribution in [2.45, 2.75) is 38.3 Å². The van der Waals surface area contributed by atoms with E-state index in [9.17, 15) is 0 Å². The summed E-state index contributed by atoms with van der Waals surface area (Å²) in [7, 11) is 1.91. The Morgan fingerprint density at radius 2 is 2.23 bits per heavy atom. The summed E-state index contributed by atoms with van der Waals surface area (Å²) in [5.41, 5.74) is 0.324. The van der Waals surface area contributed by atoms with Gasteiger partial charge < -0.3 is 10.4 Å². The standard InChI is InChI=1S/C10H22N2O/c1-10(2)5-4-6-12(10)7-9(8-13)11-3/h9,11,13H,4-8H2,1-3H3. The lowest BCUT2D eigenvalue weighted by Crippen LogP contribution is -2.47. The van der Waals surface area contributed by atoms with E-state index in [1.54, 1.807) is 0 Å². The number of likely N-dealkylation sites (tertiary alicyclic amines) is 1. The molecule has 1 aliphatic rings. The number of nitrogens with zero attached hydrogens (tertiary/aromatic N) is 1. The summed E-state index contributed by atoms with van der Waals surface area (Å²) in [4.78, 5) is 2.46. The van der Waals surface area contributed by atoms with Crippen LogP contribution in [0.1, 0.15) is 26.7 Å². The fourth-order valence-corrected chi connectivity index (χ4v) is 2.01. The average molecular weight is 186 g/mol. The first-order valence-corrected chi connectivity index (χ1v) is 5.13. The maximum Gasteiger partial charge on any atom is 0.0597 e. The van der Waals surface area contributed by atoms with Crippen LogP contribution in [0, 0.1) is 0 Å². The van der Waals surface area contributed by atoms with E-state index in [1.807, 2.05) is 7.05 Å². The number of hydrogen-bond donors (Lipinski definition) is 2. The molecule has 0 saturated carbocycles. The van der Waals surface area contributed by atoms with Gasteiger partial charge in [-0.25, -0.2) is 0 Å². The van der Waals surface area contributed by atoms with Crippen molar-refractivity contribution in [1.82, 2.24) is 10.2 Å². The monoisotopic (exact) mass is 186 g/mol. The lowest BCUT2D eigenvalue weighted by molar-refractivity contribution is 0.133. The molecule has 0 aromatic heterocycles. The molecule has 3 nitrogen and oxygen atoms in total. The average Bonchev–Trinajstić information content (AvgIpc) is 2.41. The van der Waals surface area contributed by atoms with Crippen LogP contribution in [0.5, 0.6) is 0 Å². The molecule has 1 aliphatic heterocycles. The molecule has 1 heterocycles. The second kappa shape index (κ2) is 4.40. The third-order valence-corrected chi connectivity index (χ3v) is 3.14. The summed E-state index contributed by atoms with van der Waals surface area (Å²) < 4.78 is 0. The fraction of sp³-hybridized carbons (Fsp3) is 1.00. The molecule has 3 heteroatoms. The fourth-order valence-electron chi connectivity index (χ4n) is 2.01. The smallest absolute Gasteiger partial charge is 0.0597 e. The van der Waals surface area contributed by atoms with E-state index in [0.717, 1.165) is 6.54 Å². The first-order chi connectivity index (χ1) is 6.10. The Hall–Kier alpha value is -0.120. The Kier molecular flexibility index (Phi) is 3.71. The summed E-state index contributed by atoms with van der Waals surface area (Å²) in [6.07, 6.45) is 2.56. The predicted molar refractivity (Wildman–Crippen MR) is 54.8 cm³/mol. The third kappa shape index (κ3) is 2.66. The van der Waals surface area contributed by atoms with Gasteiger partial charge in [0.25, 0.3) is 0 Å². The van der Waals surface area contributed by atoms with Gasteiger partial charge in [0, 0.05) is 18.1 Å². The molecule has 0 amide bonds. The minimum absolute atomic E-state index is 0.220. The number of hydrogen-bond acceptors (Lipinski definition) is 3. The molecule has 0 bridgehead atoms. The van der Waals surface area contributed by atoms with Gasteiger partial charge in [0.2, 0.25) is 0 Å². The van der Waals surface area contributed by atoms with Crippen LogP contribution in [0.4, 0.5) is 0 Å². The van der Waals surface area contributed by atoms with E-state index < -0.39 is 0 Å². The quantitative estimate of drug-likeness (QED) is 0.669. The highest BCUT2D eigenvalue weighted by Gasteiger charge is 2.32. The highest BCUT2D eigenvalue weighted by Crippen LogP contribution is 2.27. The summed E-state index contributed by atoms with van der Waals surface area (Å²) in [5, 5.41) is 12.2. The van der Waals surface area contributed by atoms with Crippen LogP contribution in [-0.2, 0) is 0 Å². The van der Waals surface area contributed by atoms with E-state index in [1.165, 1.54) is 19.4 Å². The lowest BCUT2D eigenvalue weighted by Gasteiger charge is -2.33. The van der Waals surface area contributed by atoms with Gasteiger partial charge in [0.15, 0.2) is 0 Å². The van der Waals surface area contributed by atoms with Crippen molar-refractivity contribution in [3.8, 4) is 0 Å². The SMILES string of the molecule is CNC(CO)CN1CCCC1(C)C. The second-order valence-electron chi connectivity index (χ2n) is 4.53. The van der Waals surface area contributed by atoms with Gasteiger partial charge in [-0.3, -0.25) is 4.90 Å². The molecule has 1 unspecified atom stereocenters. The van der Waals surface area contributed by atoms with Crippen molar-refractivity contribution in [3.05, 3.63) is 0 Å². The highest BCUT2D eigenvalue weighted by molar-refractivity contribution is 4.89. The molecule has 0 aromatic rings. The lowest BCUT2D eigenvalue weighted by atomic mass is 10.0. The second-order valence-corrected chi connectivity index (χ2v) is 4.53. The summed E-state index contributed by atoms with van der Waals surface area (Å²) in [6.45, 7) is 6.92. The Labute approximate surface area is 81.1 Å². The van der Waals surface area contributed by atoms with Crippen LogP contribution in [0.3, 0.4) is 0 Å². The Balaban J connectivity index is 2.43. The molecule has 13 heavy (non-hydrogen) atoms. The zero-order valence-corrected chi connectivity index (χ0v) is 9.01. The first kappa shape index (κ1) is 11.0. The van der Waals surface area contributed by atoms with Gasteiger partial charge in [0.1, 0.15) is 0 Å². The minimum atomic E-state index is 0.220. The van der Waals surface area contributed by atoms with Crippen LogP contribution in [0.2, 0.25) is 0 Å². The maximum atomic E-state index is 9.07. The van der Waals surface area contributed by atoms with Gasteiger partial charge in [-0.1, -0.05) is 0 Å². The summed E-state index contributed by atoms with van der Waals surface area (Å²) in [6, 6.07) is 0.220. The van der Waals surface area contributed by atoms with Gasteiger partial charge in [-0.05, 0) is 40.3 Å². The number of likely N-dealkylation sites (N-methyl/N-ethyl adjacent to an activating group) is 1. The number of aliphatic hydroxyl groups is 1. The molecule has 0 radical (unpaired) electrons. The van der Waals surface area contributed by atoms with Crippen molar-refractivity contribution in [2.24, 2.45) is 0 Å². The van der Waals surface area contributed by atoms with Crippen molar-refractivity contribution in [1.29, 1.82) is 0 Å². The predicted octanol–water partition coefficient (Wildman–Crippen LogP) is 0.441. The van der Waals surface area contributed by atoms with Crippen molar-refractivity contribution < 1.29 is 5.11 Å². The number of aliphatic hydroxyl groups excluding tert-OH is 1.